The van der Waals surface area contributed by atoms with E-state index in [1.165, 1.54) is 6.07 Å². The minimum Gasteiger partial charge on any atom is -0.317 e. The highest BCUT2D eigenvalue weighted by Crippen LogP contribution is 2.30. The van der Waals surface area contributed by atoms with Gasteiger partial charge in [0.25, 0.3) is 0 Å². The molecule has 2 N–H and O–H groups in total. The Morgan fingerprint density at radius 1 is 1.24 bits per heavy atom. The van der Waals surface area contributed by atoms with E-state index in [2.05, 4.69) is 4.98 Å². The SMILES string of the molecule is CC(N)(c1ccc(F)cn1)c1ccccc1Cl. The molecule has 0 saturated carbocycles. The van der Waals surface area contributed by atoms with Crippen molar-refractivity contribution in [1.82, 2.24) is 4.98 Å². The summed E-state index contributed by atoms with van der Waals surface area (Å²) in [6.45, 7) is 1.80. The van der Waals surface area contributed by atoms with Crippen LogP contribution in [0.25, 0.3) is 0 Å². The van der Waals surface area contributed by atoms with Crippen LogP contribution < -0.4 is 5.73 Å². The maximum absolute atomic E-state index is 12.8. The molecule has 0 amide bonds. The topological polar surface area (TPSA) is 38.9 Å². The van der Waals surface area contributed by atoms with Crippen LogP contribution in [0.5, 0.6) is 0 Å². The van der Waals surface area contributed by atoms with Gasteiger partial charge >= 0.3 is 0 Å². The first-order valence-corrected chi connectivity index (χ1v) is 5.55. The van der Waals surface area contributed by atoms with E-state index in [0.29, 0.717) is 10.7 Å². The molecule has 0 aliphatic heterocycles. The molecular formula is C13H12ClFN2. The minimum absolute atomic E-state index is 0.385. The van der Waals surface area contributed by atoms with Crippen molar-refractivity contribution in [3.8, 4) is 0 Å². The van der Waals surface area contributed by atoms with Gasteiger partial charge in [0, 0.05) is 5.02 Å². The molecule has 1 aromatic heterocycles. The molecule has 1 atom stereocenters. The van der Waals surface area contributed by atoms with Gasteiger partial charge in [-0.3, -0.25) is 4.98 Å². The molecule has 2 rings (SSSR count). The molecule has 0 fully saturated rings. The largest absolute Gasteiger partial charge is 0.317 e. The van der Waals surface area contributed by atoms with E-state index in [1.807, 2.05) is 18.2 Å². The van der Waals surface area contributed by atoms with E-state index in [4.69, 9.17) is 17.3 Å². The van der Waals surface area contributed by atoms with Gasteiger partial charge in [-0.1, -0.05) is 29.8 Å². The molecule has 0 radical (unpaired) electrons. The van der Waals surface area contributed by atoms with Crippen molar-refractivity contribution >= 4 is 11.6 Å². The Kier molecular flexibility index (Phi) is 3.13. The molecular weight excluding hydrogens is 239 g/mol. The van der Waals surface area contributed by atoms with E-state index in [1.54, 1.807) is 19.1 Å². The fourth-order valence-electron chi connectivity index (χ4n) is 1.70. The number of nitrogens with two attached hydrogens (primary N) is 1. The summed E-state index contributed by atoms with van der Waals surface area (Å²) in [4.78, 5) is 4.01. The van der Waals surface area contributed by atoms with Gasteiger partial charge in [0.1, 0.15) is 5.82 Å². The molecule has 88 valence electrons. The van der Waals surface area contributed by atoms with Gasteiger partial charge in [0.15, 0.2) is 0 Å². The predicted molar refractivity (Wildman–Crippen MR) is 66.3 cm³/mol. The molecule has 17 heavy (non-hydrogen) atoms. The zero-order valence-electron chi connectivity index (χ0n) is 9.32. The summed E-state index contributed by atoms with van der Waals surface area (Å²) in [5.74, 6) is -0.385. The first-order chi connectivity index (χ1) is 8.01. The first kappa shape index (κ1) is 12.0. The normalized spacial score (nSPS) is 14.4. The summed E-state index contributed by atoms with van der Waals surface area (Å²) in [7, 11) is 0. The summed E-state index contributed by atoms with van der Waals surface area (Å²) in [6.07, 6.45) is 1.15. The van der Waals surface area contributed by atoms with Gasteiger partial charge in [0.05, 0.1) is 17.4 Å². The number of nitrogens with zero attached hydrogens (tertiary/aromatic N) is 1. The molecule has 0 spiro atoms. The highest BCUT2D eigenvalue weighted by atomic mass is 35.5. The van der Waals surface area contributed by atoms with Crippen LogP contribution in [0.1, 0.15) is 18.2 Å². The Morgan fingerprint density at radius 2 is 1.94 bits per heavy atom. The number of hydrogen-bond donors (Lipinski definition) is 1. The van der Waals surface area contributed by atoms with Gasteiger partial charge in [-0.2, -0.15) is 0 Å². The number of halogens is 2. The monoisotopic (exact) mass is 250 g/mol. The molecule has 1 unspecified atom stereocenters. The second-order valence-corrected chi connectivity index (χ2v) is 4.45. The zero-order chi connectivity index (χ0) is 12.5. The smallest absolute Gasteiger partial charge is 0.141 e. The van der Waals surface area contributed by atoms with Crippen LogP contribution >= 0.6 is 11.6 Å². The Bertz CT molecular complexity index is 523. The van der Waals surface area contributed by atoms with Crippen LogP contribution in [-0.4, -0.2) is 4.98 Å². The molecule has 4 heteroatoms. The molecule has 2 aromatic rings. The molecule has 0 saturated heterocycles. The summed E-state index contributed by atoms with van der Waals surface area (Å²) >= 11 is 6.11. The highest BCUT2D eigenvalue weighted by Gasteiger charge is 2.27. The van der Waals surface area contributed by atoms with E-state index >= 15 is 0 Å². The Labute approximate surface area is 104 Å². The van der Waals surface area contributed by atoms with Crippen molar-refractivity contribution in [1.29, 1.82) is 0 Å². The van der Waals surface area contributed by atoms with Crippen molar-refractivity contribution in [2.45, 2.75) is 12.5 Å². The predicted octanol–water partition coefficient (Wildman–Crippen LogP) is 3.10. The number of benzene rings is 1. The van der Waals surface area contributed by atoms with E-state index in [0.717, 1.165) is 11.8 Å². The average Bonchev–Trinajstić information content (AvgIpc) is 2.30. The summed E-state index contributed by atoms with van der Waals surface area (Å²) in [5.41, 5.74) is 6.74. The summed E-state index contributed by atoms with van der Waals surface area (Å²) < 4.78 is 12.8. The molecule has 0 aliphatic rings. The fourth-order valence-corrected chi connectivity index (χ4v) is 2.04. The summed E-state index contributed by atoms with van der Waals surface area (Å²) in [6, 6.07) is 10.2. The van der Waals surface area contributed by atoms with E-state index < -0.39 is 5.54 Å². The van der Waals surface area contributed by atoms with Crippen molar-refractivity contribution in [3.05, 3.63) is 64.7 Å². The van der Waals surface area contributed by atoms with Crippen LogP contribution in [0.4, 0.5) is 4.39 Å². The first-order valence-electron chi connectivity index (χ1n) is 5.18. The highest BCUT2D eigenvalue weighted by molar-refractivity contribution is 6.31. The number of pyridine rings is 1. The van der Waals surface area contributed by atoms with Crippen LogP contribution in [0.2, 0.25) is 5.02 Å². The van der Waals surface area contributed by atoms with Crippen molar-refractivity contribution < 1.29 is 4.39 Å². The van der Waals surface area contributed by atoms with Gasteiger partial charge in [-0.05, 0) is 30.7 Å². The molecule has 0 aliphatic carbocycles. The lowest BCUT2D eigenvalue weighted by molar-refractivity contribution is 0.568. The van der Waals surface area contributed by atoms with Gasteiger partial charge in [-0.25, -0.2) is 4.39 Å². The Balaban J connectivity index is 2.49. The Hall–Kier alpha value is -1.45. The van der Waals surface area contributed by atoms with Gasteiger partial charge < -0.3 is 5.73 Å². The van der Waals surface area contributed by atoms with E-state index in [-0.39, 0.29) is 5.82 Å². The minimum atomic E-state index is -0.841. The third-order valence-electron chi connectivity index (χ3n) is 2.69. The van der Waals surface area contributed by atoms with Crippen LogP contribution in [-0.2, 0) is 5.54 Å². The average molecular weight is 251 g/mol. The number of rotatable bonds is 2. The number of aromatic nitrogens is 1. The van der Waals surface area contributed by atoms with E-state index in [9.17, 15) is 4.39 Å². The van der Waals surface area contributed by atoms with Gasteiger partial charge in [-0.15, -0.1) is 0 Å². The molecule has 0 bridgehead atoms. The standard InChI is InChI=1S/C13H12ClFN2/c1-13(16,10-4-2-3-5-11(10)14)12-7-6-9(15)8-17-12/h2-8H,16H2,1H3. The Morgan fingerprint density at radius 3 is 2.53 bits per heavy atom. The van der Waals surface area contributed by atoms with Crippen LogP contribution in [0.15, 0.2) is 42.6 Å². The zero-order valence-corrected chi connectivity index (χ0v) is 10.1. The lowest BCUT2D eigenvalue weighted by Gasteiger charge is -2.25. The van der Waals surface area contributed by atoms with Crippen molar-refractivity contribution in [2.24, 2.45) is 5.73 Å². The number of hydrogen-bond acceptors (Lipinski definition) is 2. The lowest BCUT2D eigenvalue weighted by Crippen LogP contribution is -2.35. The van der Waals surface area contributed by atoms with Crippen LogP contribution in [0.3, 0.4) is 0 Å². The van der Waals surface area contributed by atoms with Crippen LogP contribution in [0, 0.1) is 5.82 Å². The molecule has 1 heterocycles. The third-order valence-corrected chi connectivity index (χ3v) is 3.02. The second-order valence-electron chi connectivity index (χ2n) is 4.04. The maximum atomic E-state index is 12.8. The lowest BCUT2D eigenvalue weighted by atomic mass is 9.89. The molecule has 1 aromatic carbocycles. The van der Waals surface area contributed by atoms with Crippen molar-refractivity contribution in [2.75, 3.05) is 0 Å². The third kappa shape index (κ3) is 2.30. The van der Waals surface area contributed by atoms with Crippen molar-refractivity contribution in [3.63, 3.8) is 0 Å². The fraction of sp³-hybridized carbons (Fsp3) is 0.154. The summed E-state index contributed by atoms with van der Waals surface area (Å²) in [5, 5.41) is 0.573. The quantitative estimate of drug-likeness (QED) is 0.890. The second kappa shape index (κ2) is 4.43. The molecule has 2 nitrogen and oxygen atoms in total. The van der Waals surface area contributed by atoms with Gasteiger partial charge in [0.2, 0.25) is 0 Å². The maximum Gasteiger partial charge on any atom is 0.141 e.